The number of aryl methyl sites for hydroxylation is 1. The van der Waals surface area contributed by atoms with Crippen LogP contribution in [0.2, 0.25) is 0 Å². The molecule has 1 aliphatic rings. The van der Waals surface area contributed by atoms with Crippen molar-refractivity contribution in [3.05, 3.63) is 75.7 Å². The predicted octanol–water partition coefficient (Wildman–Crippen LogP) is 4.45. The van der Waals surface area contributed by atoms with E-state index in [1.54, 1.807) is 13.2 Å². The third-order valence-corrected chi connectivity index (χ3v) is 5.28. The maximum atomic E-state index is 14.2. The van der Waals surface area contributed by atoms with Gasteiger partial charge >= 0.3 is 0 Å². The zero-order chi connectivity index (χ0) is 22.3. The summed E-state index contributed by atoms with van der Waals surface area (Å²) in [5.41, 5.74) is 2.05. The first-order valence-electron chi connectivity index (χ1n) is 9.33. The zero-order valence-corrected chi connectivity index (χ0v) is 17.9. The molecule has 31 heavy (non-hydrogen) atoms. The van der Waals surface area contributed by atoms with Crippen molar-refractivity contribution < 1.29 is 17.7 Å². The Kier molecular flexibility index (Phi) is 5.22. The molecule has 2 heterocycles. The summed E-state index contributed by atoms with van der Waals surface area (Å²) in [5.74, 6) is -1.37. The molecule has 2 aromatic heterocycles. The molecule has 0 saturated heterocycles. The highest BCUT2D eigenvalue weighted by Gasteiger charge is 2.21. The average Bonchev–Trinajstić information content (AvgIpc) is 3.17. The van der Waals surface area contributed by atoms with Gasteiger partial charge in [0.15, 0.2) is 23.1 Å². The highest BCUT2D eigenvalue weighted by Crippen LogP contribution is 2.38. The monoisotopic (exact) mass is 443 g/mol. The van der Waals surface area contributed by atoms with Gasteiger partial charge in [-0.3, -0.25) is 4.79 Å². The number of ether oxygens (including phenoxy) is 1. The normalized spacial score (nSPS) is 12.7. The highest BCUT2D eigenvalue weighted by molar-refractivity contribution is 7.92. The molecule has 0 aliphatic heterocycles. The van der Waals surface area contributed by atoms with Crippen LogP contribution in [0.4, 0.5) is 14.6 Å². The van der Waals surface area contributed by atoms with Gasteiger partial charge in [-0.25, -0.2) is 18.0 Å². The molecule has 9 heteroatoms. The molecule has 0 saturated carbocycles. The third-order valence-electron chi connectivity index (χ3n) is 4.65. The number of allylic oxidation sites excluding steroid dienone is 1. The Morgan fingerprint density at radius 3 is 2.61 bits per heavy atom. The van der Waals surface area contributed by atoms with E-state index in [0.29, 0.717) is 28.8 Å². The first kappa shape index (κ1) is 20.9. The van der Waals surface area contributed by atoms with Crippen molar-refractivity contribution in [1.29, 1.82) is 0 Å². The maximum Gasteiger partial charge on any atom is 0.254 e. The second-order valence-electron chi connectivity index (χ2n) is 7.42. The number of pyridine rings is 2. The molecule has 0 bridgehead atoms. The van der Waals surface area contributed by atoms with Crippen LogP contribution >= 0.6 is 0 Å². The van der Waals surface area contributed by atoms with Crippen molar-refractivity contribution in [3.8, 4) is 22.8 Å². The van der Waals surface area contributed by atoms with E-state index in [2.05, 4.69) is 9.35 Å². The number of hydrogen-bond acceptors (Lipinski definition) is 5. The van der Waals surface area contributed by atoms with Crippen LogP contribution in [0.1, 0.15) is 11.1 Å². The van der Waals surface area contributed by atoms with Crippen LogP contribution in [0.3, 0.4) is 0 Å². The molecule has 0 amide bonds. The minimum atomic E-state index is -2.48. The number of halogens is 2. The van der Waals surface area contributed by atoms with Crippen LogP contribution in [0.25, 0.3) is 17.3 Å². The second-order valence-corrected chi connectivity index (χ2v) is 9.97. The lowest BCUT2D eigenvalue weighted by molar-refractivity contribution is 0.437. The molecule has 0 N–H and O–H groups in total. The number of fused-ring (bicyclic) bond motifs is 1. The lowest BCUT2D eigenvalue weighted by atomic mass is 10.0. The fourth-order valence-electron chi connectivity index (χ4n) is 3.35. The molecule has 1 aliphatic carbocycles. The van der Waals surface area contributed by atoms with Crippen molar-refractivity contribution in [3.63, 3.8) is 0 Å². The van der Waals surface area contributed by atoms with E-state index in [1.807, 2.05) is 12.2 Å². The van der Waals surface area contributed by atoms with Gasteiger partial charge in [-0.1, -0.05) is 12.2 Å². The van der Waals surface area contributed by atoms with E-state index in [9.17, 15) is 17.8 Å². The van der Waals surface area contributed by atoms with Crippen LogP contribution in [0.15, 0.2) is 51.8 Å². The predicted molar refractivity (Wildman–Crippen MR) is 116 cm³/mol. The Morgan fingerprint density at radius 2 is 1.90 bits per heavy atom. The van der Waals surface area contributed by atoms with E-state index in [4.69, 9.17) is 4.74 Å². The Balaban J connectivity index is 1.95. The van der Waals surface area contributed by atoms with Crippen molar-refractivity contribution >= 4 is 21.6 Å². The van der Waals surface area contributed by atoms with Crippen molar-refractivity contribution in [2.75, 3.05) is 12.5 Å². The summed E-state index contributed by atoms with van der Waals surface area (Å²) in [7, 11) is -0.856. The van der Waals surface area contributed by atoms with Crippen LogP contribution < -0.4 is 10.3 Å². The van der Waals surface area contributed by atoms with Gasteiger partial charge in [-0.05, 0) is 36.2 Å². The van der Waals surface area contributed by atoms with Gasteiger partial charge in [-0.2, -0.15) is 4.36 Å². The van der Waals surface area contributed by atoms with Gasteiger partial charge in [0, 0.05) is 52.7 Å². The van der Waals surface area contributed by atoms with Crippen LogP contribution in [0, 0.1) is 11.6 Å². The molecule has 160 valence electrons. The summed E-state index contributed by atoms with van der Waals surface area (Å²) in [6.07, 6.45) is 8.77. The summed E-state index contributed by atoms with van der Waals surface area (Å²) in [4.78, 5) is 17.0. The fourth-order valence-corrected chi connectivity index (χ4v) is 3.90. The number of nitrogens with zero attached hydrogens (tertiary/aromatic N) is 3. The molecule has 0 spiro atoms. The van der Waals surface area contributed by atoms with Crippen molar-refractivity contribution in [2.45, 2.75) is 6.42 Å². The SMILES string of the molecule is Cn1cc(-c2nc(N=S(C)(C)=O)ccc2Oc2ccc(F)cc2F)c2c(c1=O)CC=C2. The Bertz CT molecular complexity index is 1410. The summed E-state index contributed by atoms with van der Waals surface area (Å²) in [6.45, 7) is 0. The third kappa shape index (κ3) is 4.27. The van der Waals surface area contributed by atoms with E-state index in [1.165, 1.54) is 35.3 Å². The second kappa shape index (κ2) is 7.73. The van der Waals surface area contributed by atoms with Gasteiger partial charge in [0.05, 0.1) is 0 Å². The summed E-state index contributed by atoms with van der Waals surface area (Å²) < 4.78 is 51.0. The van der Waals surface area contributed by atoms with Gasteiger partial charge in [0.2, 0.25) is 0 Å². The van der Waals surface area contributed by atoms with Gasteiger partial charge in [0.1, 0.15) is 11.5 Å². The summed E-state index contributed by atoms with van der Waals surface area (Å²) >= 11 is 0. The molecule has 6 nitrogen and oxygen atoms in total. The van der Waals surface area contributed by atoms with E-state index < -0.39 is 21.4 Å². The molecule has 1 aromatic carbocycles. The first-order chi connectivity index (χ1) is 14.6. The molecule has 0 unspecified atom stereocenters. The zero-order valence-electron chi connectivity index (χ0n) is 17.1. The highest BCUT2D eigenvalue weighted by atomic mass is 32.2. The average molecular weight is 443 g/mol. The van der Waals surface area contributed by atoms with Gasteiger partial charge in [0.25, 0.3) is 5.56 Å². The number of aromatic nitrogens is 2. The molecule has 0 radical (unpaired) electrons. The number of hydrogen-bond donors (Lipinski definition) is 0. The van der Waals surface area contributed by atoms with Crippen LogP contribution in [-0.2, 0) is 23.2 Å². The van der Waals surface area contributed by atoms with E-state index in [-0.39, 0.29) is 22.9 Å². The number of rotatable bonds is 4. The lowest BCUT2D eigenvalue weighted by Gasteiger charge is -2.15. The minimum Gasteiger partial charge on any atom is -0.452 e. The van der Waals surface area contributed by atoms with Gasteiger partial charge in [-0.15, -0.1) is 0 Å². The summed E-state index contributed by atoms with van der Waals surface area (Å²) in [5, 5.41) is 0. The largest absolute Gasteiger partial charge is 0.452 e. The molecule has 0 fully saturated rings. The molecule has 3 aromatic rings. The number of benzene rings is 1. The van der Waals surface area contributed by atoms with Gasteiger partial charge < -0.3 is 9.30 Å². The molecule has 4 rings (SSSR count). The molecule has 0 atom stereocenters. The summed E-state index contributed by atoms with van der Waals surface area (Å²) in [6, 6.07) is 6.03. The van der Waals surface area contributed by atoms with Crippen molar-refractivity contribution in [2.24, 2.45) is 11.4 Å². The maximum absolute atomic E-state index is 14.2. The molecular weight excluding hydrogens is 424 g/mol. The van der Waals surface area contributed by atoms with E-state index >= 15 is 0 Å². The Labute approximate surface area is 178 Å². The fraction of sp³-hybridized carbons (Fsp3) is 0.182. The van der Waals surface area contributed by atoms with E-state index in [0.717, 1.165) is 12.1 Å². The minimum absolute atomic E-state index is 0.123. The first-order valence-corrected chi connectivity index (χ1v) is 11.7. The Morgan fingerprint density at radius 1 is 1.16 bits per heavy atom. The lowest BCUT2D eigenvalue weighted by Crippen LogP contribution is -2.21. The standard InChI is InChI=1S/C22H19F2N3O3S/c1-27-12-16(14-5-4-6-15(14)22(27)28)21-19(9-10-20(25-21)26-31(2,3)29)30-18-8-7-13(23)11-17(18)24/h4-5,7-12H,6H2,1-3H3. The molecular formula is C22H19F2N3O3S. The van der Waals surface area contributed by atoms with Crippen LogP contribution in [0.5, 0.6) is 11.5 Å². The smallest absolute Gasteiger partial charge is 0.254 e. The quantitative estimate of drug-likeness (QED) is 0.597. The topological polar surface area (TPSA) is 73.6 Å². The van der Waals surface area contributed by atoms with Crippen LogP contribution in [-0.4, -0.2) is 26.3 Å². The van der Waals surface area contributed by atoms with Crippen molar-refractivity contribution in [1.82, 2.24) is 9.55 Å². The Hall–Kier alpha value is -3.33.